The highest BCUT2D eigenvalue weighted by molar-refractivity contribution is 5.74. The molecule has 1 aromatic rings. The monoisotopic (exact) mass is 177 g/mol. The second kappa shape index (κ2) is 2.80. The molecule has 0 spiro atoms. The Morgan fingerprint density at radius 1 is 1.17 bits per heavy atom. The highest BCUT2D eigenvalue weighted by Crippen LogP contribution is 2.01. The molecule has 0 atom stereocenters. The van der Waals surface area contributed by atoms with Gasteiger partial charge in [0.15, 0.2) is 6.29 Å². The van der Waals surface area contributed by atoms with Crippen LogP contribution in [-0.4, -0.2) is 11.3 Å². The molecular weight excluding hydrogens is 175 g/mol. The lowest BCUT2D eigenvalue weighted by molar-refractivity contribution is 0.111. The molecule has 1 rings (SSSR count). The fourth-order valence-electron chi connectivity index (χ4n) is 0.641. The van der Waals surface area contributed by atoms with E-state index in [2.05, 4.69) is 0 Å². The minimum Gasteiger partial charge on any atom is -0.305 e. The number of H-pyrrole nitrogens is 1. The van der Waals surface area contributed by atoms with Gasteiger partial charge in [-0.3, -0.25) is 9.59 Å². The van der Waals surface area contributed by atoms with Crippen LogP contribution in [0.2, 0.25) is 0 Å². The Labute approximate surface area is 63.8 Å². The molecule has 0 fully saturated rings. The number of aromatic amines is 1. The van der Waals surface area contributed by atoms with E-state index in [4.69, 9.17) is 0 Å². The van der Waals surface area contributed by atoms with Crippen molar-refractivity contribution in [2.24, 2.45) is 0 Å². The zero-order chi connectivity index (χ0) is 9.30. The second-order valence-electron chi connectivity index (χ2n) is 1.93. The van der Waals surface area contributed by atoms with E-state index in [1.807, 2.05) is 0 Å². The number of aldehydes is 1. The molecule has 12 heavy (non-hydrogen) atoms. The van der Waals surface area contributed by atoms with Gasteiger partial charge in [0.25, 0.3) is 0 Å². The minimum atomic E-state index is -1.79. The number of pyridine rings is 1. The van der Waals surface area contributed by atoms with Gasteiger partial charge < -0.3 is 4.98 Å². The summed E-state index contributed by atoms with van der Waals surface area (Å²) < 4.78 is 36.9. The molecule has 1 heterocycles. The van der Waals surface area contributed by atoms with Gasteiger partial charge >= 0.3 is 0 Å². The van der Waals surface area contributed by atoms with Gasteiger partial charge in [0.05, 0.1) is 0 Å². The maximum atomic E-state index is 12.4. The summed E-state index contributed by atoms with van der Waals surface area (Å²) in [6.07, 6.45) is -0.184. The molecule has 64 valence electrons. The summed E-state index contributed by atoms with van der Waals surface area (Å²) >= 11 is 0. The standard InChI is InChI=1S/C6H2F3NO2/c7-3-4(12)2(1-11)5(8)10-6(3)9/h1H,(H,10,12). The number of carbonyl (C=O) groups excluding carboxylic acids is 1. The molecule has 3 nitrogen and oxygen atoms in total. The van der Waals surface area contributed by atoms with Crippen LogP contribution in [0.3, 0.4) is 0 Å². The van der Waals surface area contributed by atoms with Gasteiger partial charge in [-0.2, -0.15) is 13.2 Å². The molecule has 0 unspecified atom stereocenters. The summed E-state index contributed by atoms with van der Waals surface area (Å²) in [6, 6.07) is 0. The lowest BCUT2D eigenvalue weighted by Crippen LogP contribution is -2.19. The summed E-state index contributed by atoms with van der Waals surface area (Å²) in [4.78, 5) is 21.8. The number of halogens is 3. The molecule has 1 N–H and O–H groups in total. The van der Waals surface area contributed by atoms with Gasteiger partial charge in [-0.15, -0.1) is 0 Å². The Morgan fingerprint density at radius 2 is 1.75 bits per heavy atom. The van der Waals surface area contributed by atoms with Crippen molar-refractivity contribution in [3.63, 3.8) is 0 Å². The first-order valence-corrected chi connectivity index (χ1v) is 2.80. The third-order valence-corrected chi connectivity index (χ3v) is 1.21. The van der Waals surface area contributed by atoms with E-state index in [0.29, 0.717) is 0 Å². The number of hydrogen-bond donors (Lipinski definition) is 1. The average Bonchev–Trinajstić information content (AvgIpc) is 2.01. The van der Waals surface area contributed by atoms with E-state index >= 15 is 0 Å². The fourth-order valence-corrected chi connectivity index (χ4v) is 0.641. The molecule has 0 aliphatic carbocycles. The van der Waals surface area contributed by atoms with Gasteiger partial charge in [-0.25, -0.2) is 0 Å². The number of nitrogens with one attached hydrogen (secondary N) is 1. The molecule has 0 aliphatic heterocycles. The van der Waals surface area contributed by atoms with Crippen molar-refractivity contribution < 1.29 is 18.0 Å². The third-order valence-electron chi connectivity index (χ3n) is 1.21. The third kappa shape index (κ3) is 1.11. The zero-order valence-corrected chi connectivity index (χ0v) is 5.53. The van der Waals surface area contributed by atoms with Gasteiger partial charge in [-0.05, 0) is 0 Å². The first kappa shape index (κ1) is 8.51. The highest BCUT2D eigenvalue weighted by Gasteiger charge is 2.15. The molecular formula is C6H2F3NO2. The Hall–Kier alpha value is -1.59. The number of hydrogen-bond acceptors (Lipinski definition) is 2. The van der Waals surface area contributed by atoms with E-state index in [-0.39, 0.29) is 6.29 Å². The lowest BCUT2D eigenvalue weighted by Gasteiger charge is -1.95. The van der Waals surface area contributed by atoms with Gasteiger partial charge in [-0.1, -0.05) is 0 Å². The van der Waals surface area contributed by atoms with Crippen molar-refractivity contribution in [3.8, 4) is 0 Å². The fraction of sp³-hybridized carbons (Fsp3) is 0. The largest absolute Gasteiger partial charge is 0.305 e. The second-order valence-corrected chi connectivity index (χ2v) is 1.93. The van der Waals surface area contributed by atoms with Crippen molar-refractivity contribution in [1.82, 2.24) is 4.98 Å². The predicted molar refractivity (Wildman–Crippen MR) is 32.3 cm³/mol. The first-order chi connectivity index (χ1) is 5.57. The Morgan fingerprint density at radius 3 is 2.25 bits per heavy atom. The van der Waals surface area contributed by atoms with Crippen LogP contribution in [0.4, 0.5) is 13.2 Å². The van der Waals surface area contributed by atoms with Crippen LogP contribution >= 0.6 is 0 Å². The van der Waals surface area contributed by atoms with Crippen LogP contribution in [0.5, 0.6) is 0 Å². The molecule has 0 radical (unpaired) electrons. The zero-order valence-electron chi connectivity index (χ0n) is 5.53. The summed E-state index contributed by atoms with van der Waals surface area (Å²) in [5.41, 5.74) is -2.63. The summed E-state index contributed by atoms with van der Waals surface area (Å²) in [7, 11) is 0. The molecule has 0 saturated heterocycles. The number of aromatic nitrogens is 1. The normalized spacial score (nSPS) is 9.92. The van der Waals surface area contributed by atoms with Crippen LogP contribution in [0.1, 0.15) is 10.4 Å². The van der Waals surface area contributed by atoms with Gasteiger partial charge in [0.2, 0.25) is 23.1 Å². The highest BCUT2D eigenvalue weighted by atomic mass is 19.2. The van der Waals surface area contributed by atoms with E-state index in [0.717, 1.165) is 0 Å². The van der Waals surface area contributed by atoms with Crippen LogP contribution in [0, 0.1) is 17.7 Å². The van der Waals surface area contributed by atoms with Crippen LogP contribution < -0.4 is 5.43 Å². The maximum Gasteiger partial charge on any atom is 0.233 e. The Kier molecular flexibility index (Phi) is 1.99. The topological polar surface area (TPSA) is 49.9 Å². The summed E-state index contributed by atoms with van der Waals surface area (Å²) in [6.45, 7) is 0. The molecule has 1 aromatic heterocycles. The quantitative estimate of drug-likeness (QED) is 0.504. The smallest absolute Gasteiger partial charge is 0.233 e. The predicted octanol–water partition coefficient (Wildman–Crippen LogP) is 0.605. The van der Waals surface area contributed by atoms with Crippen LogP contribution in [-0.2, 0) is 0 Å². The Bertz CT molecular complexity index is 385. The van der Waals surface area contributed by atoms with Crippen molar-refractivity contribution in [3.05, 3.63) is 33.5 Å². The molecule has 0 aromatic carbocycles. The SMILES string of the molecule is O=Cc1c(F)[nH]c(F)c(F)c1=O. The van der Waals surface area contributed by atoms with E-state index in [1.165, 1.54) is 4.98 Å². The maximum absolute atomic E-state index is 12.4. The molecule has 0 bridgehead atoms. The number of rotatable bonds is 1. The first-order valence-electron chi connectivity index (χ1n) is 2.80. The van der Waals surface area contributed by atoms with Crippen molar-refractivity contribution in [2.45, 2.75) is 0 Å². The van der Waals surface area contributed by atoms with Crippen molar-refractivity contribution in [1.29, 1.82) is 0 Å². The summed E-state index contributed by atoms with van der Waals surface area (Å²) in [5, 5.41) is 0. The molecule has 0 aliphatic rings. The van der Waals surface area contributed by atoms with Crippen molar-refractivity contribution >= 4 is 6.29 Å². The lowest BCUT2D eigenvalue weighted by atomic mass is 10.3. The minimum absolute atomic E-state index is 0.184. The average molecular weight is 177 g/mol. The van der Waals surface area contributed by atoms with Gasteiger partial charge in [0.1, 0.15) is 5.56 Å². The van der Waals surface area contributed by atoms with E-state index in [1.54, 1.807) is 0 Å². The van der Waals surface area contributed by atoms with Gasteiger partial charge in [0, 0.05) is 0 Å². The van der Waals surface area contributed by atoms with Crippen molar-refractivity contribution in [2.75, 3.05) is 0 Å². The summed E-state index contributed by atoms with van der Waals surface area (Å²) in [5.74, 6) is -4.99. The molecule has 0 saturated carbocycles. The number of carbonyl (C=O) groups is 1. The van der Waals surface area contributed by atoms with Crippen LogP contribution in [0.15, 0.2) is 4.79 Å². The van der Waals surface area contributed by atoms with E-state index in [9.17, 15) is 22.8 Å². The van der Waals surface area contributed by atoms with Crippen LogP contribution in [0.25, 0.3) is 0 Å². The molecule has 6 heteroatoms. The van der Waals surface area contributed by atoms with E-state index < -0.39 is 28.7 Å². The Balaban J connectivity index is 3.63. The molecule has 0 amide bonds.